The second kappa shape index (κ2) is 7.59. The Morgan fingerprint density at radius 3 is 2.62 bits per heavy atom. The Hall–Kier alpha value is -2.74. The van der Waals surface area contributed by atoms with Gasteiger partial charge in [0.1, 0.15) is 23.2 Å². The van der Waals surface area contributed by atoms with E-state index in [9.17, 15) is 10.1 Å². The van der Waals surface area contributed by atoms with Gasteiger partial charge in [0.15, 0.2) is 5.78 Å². The molecule has 5 nitrogen and oxygen atoms in total. The van der Waals surface area contributed by atoms with Crippen molar-refractivity contribution in [1.29, 1.82) is 5.26 Å². The van der Waals surface area contributed by atoms with Crippen molar-refractivity contribution in [2.24, 2.45) is 11.1 Å². The van der Waals surface area contributed by atoms with Crippen LogP contribution in [0, 0.1) is 23.7 Å². The van der Waals surface area contributed by atoms with E-state index in [1.54, 1.807) is 0 Å². The van der Waals surface area contributed by atoms with Crippen molar-refractivity contribution in [2.75, 3.05) is 6.61 Å². The summed E-state index contributed by atoms with van der Waals surface area (Å²) < 4.78 is 11.6. The number of Topliss-reactive ketones (excluding diaryl/α,β-unsaturated/α-hetero) is 1. The van der Waals surface area contributed by atoms with Crippen LogP contribution in [0.4, 0.5) is 0 Å². The maximum Gasteiger partial charge on any atom is 0.205 e. The number of nitrogens with zero attached hydrogens (tertiary/aromatic N) is 1. The number of allylic oxidation sites excluding steroid dienone is 3. The van der Waals surface area contributed by atoms with Gasteiger partial charge in [-0.25, -0.2) is 0 Å². The number of aryl methyl sites for hydroxylation is 1. The summed E-state index contributed by atoms with van der Waals surface area (Å²) in [5.74, 6) is 1.31. The molecular weight excluding hydrogens is 364 g/mol. The first-order valence-electron chi connectivity index (χ1n) is 10.2. The van der Waals surface area contributed by atoms with Crippen LogP contribution in [-0.4, -0.2) is 12.4 Å². The monoisotopic (exact) mass is 394 g/mol. The zero-order chi connectivity index (χ0) is 21.5. The molecule has 2 aliphatic rings. The minimum Gasteiger partial charge on any atom is -0.494 e. The topological polar surface area (TPSA) is 85.3 Å². The van der Waals surface area contributed by atoms with Gasteiger partial charge in [-0.3, -0.25) is 4.79 Å². The van der Waals surface area contributed by atoms with E-state index in [4.69, 9.17) is 15.2 Å². The summed E-state index contributed by atoms with van der Waals surface area (Å²) >= 11 is 0. The Labute approximate surface area is 173 Å². The predicted octanol–water partition coefficient (Wildman–Crippen LogP) is 4.97. The standard InChI is InChI=1S/C24H30N2O3/c1-7-28-19-8-14(4)16(9-15(19)13(2)3)21-17(12-25)23(26)29-20-11-24(5,6)10-18(27)22(20)21/h8-9,13,21H,7,10-11,26H2,1-6H3. The van der Waals surface area contributed by atoms with Crippen LogP contribution in [-0.2, 0) is 9.53 Å². The van der Waals surface area contributed by atoms with E-state index in [0.717, 1.165) is 22.4 Å². The molecule has 29 heavy (non-hydrogen) atoms. The molecule has 5 heteroatoms. The first kappa shape index (κ1) is 21.0. The molecule has 1 unspecified atom stereocenters. The number of nitriles is 1. The van der Waals surface area contributed by atoms with Gasteiger partial charge in [-0.05, 0) is 47.9 Å². The van der Waals surface area contributed by atoms with Crippen LogP contribution >= 0.6 is 0 Å². The molecule has 0 bridgehead atoms. The third-order valence-corrected chi connectivity index (χ3v) is 5.71. The quantitative estimate of drug-likeness (QED) is 0.779. The largest absolute Gasteiger partial charge is 0.494 e. The van der Waals surface area contributed by atoms with Gasteiger partial charge in [-0.1, -0.05) is 33.8 Å². The lowest BCUT2D eigenvalue weighted by molar-refractivity contribution is -0.119. The average molecular weight is 395 g/mol. The van der Waals surface area contributed by atoms with Crippen LogP contribution in [0.3, 0.4) is 0 Å². The van der Waals surface area contributed by atoms with Gasteiger partial charge in [0.05, 0.1) is 12.5 Å². The SMILES string of the molecule is CCOc1cc(C)c(C2C(C#N)=C(N)OC3=C2C(=O)CC(C)(C)C3)cc1C(C)C. The lowest BCUT2D eigenvalue weighted by Gasteiger charge is -2.37. The molecule has 154 valence electrons. The zero-order valence-electron chi connectivity index (χ0n) is 18.2. The molecule has 3 rings (SSSR count). The summed E-state index contributed by atoms with van der Waals surface area (Å²) in [6.07, 6.45) is 1.05. The highest BCUT2D eigenvalue weighted by atomic mass is 16.5. The summed E-state index contributed by atoms with van der Waals surface area (Å²) in [5.41, 5.74) is 9.78. The lowest BCUT2D eigenvalue weighted by atomic mass is 9.69. The van der Waals surface area contributed by atoms with Crippen molar-refractivity contribution >= 4 is 5.78 Å². The number of ether oxygens (including phenoxy) is 2. The number of nitrogens with two attached hydrogens (primary N) is 1. The van der Waals surface area contributed by atoms with Crippen molar-refractivity contribution in [3.63, 3.8) is 0 Å². The van der Waals surface area contributed by atoms with E-state index in [1.165, 1.54) is 0 Å². The van der Waals surface area contributed by atoms with Crippen LogP contribution in [0.2, 0.25) is 0 Å². The third-order valence-electron chi connectivity index (χ3n) is 5.71. The number of ketones is 1. The van der Waals surface area contributed by atoms with Crippen LogP contribution in [0.25, 0.3) is 0 Å². The highest BCUT2D eigenvalue weighted by molar-refractivity contribution is 6.00. The summed E-state index contributed by atoms with van der Waals surface area (Å²) in [6, 6.07) is 6.28. The van der Waals surface area contributed by atoms with E-state index < -0.39 is 5.92 Å². The lowest BCUT2D eigenvalue weighted by Crippen LogP contribution is -2.33. The molecule has 1 aliphatic heterocycles. The molecule has 2 N–H and O–H groups in total. The van der Waals surface area contributed by atoms with Crippen LogP contribution in [0.15, 0.2) is 34.9 Å². The molecule has 0 radical (unpaired) electrons. The predicted molar refractivity (Wildman–Crippen MR) is 112 cm³/mol. The second-order valence-corrected chi connectivity index (χ2v) is 9.04. The first-order valence-corrected chi connectivity index (χ1v) is 10.2. The molecule has 1 atom stereocenters. The molecule has 1 aromatic carbocycles. The van der Waals surface area contributed by atoms with E-state index in [2.05, 4.69) is 26.0 Å². The molecule has 0 aromatic heterocycles. The smallest absolute Gasteiger partial charge is 0.205 e. The van der Waals surface area contributed by atoms with Gasteiger partial charge in [0, 0.05) is 18.4 Å². The molecule has 0 amide bonds. The summed E-state index contributed by atoms with van der Waals surface area (Å²) in [5, 5.41) is 9.85. The van der Waals surface area contributed by atoms with E-state index in [-0.39, 0.29) is 23.0 Å². The number of hydrogen-bond acceptors (Lipinski definition) is 5. The number of carbonyl (C=O) groups excluding carboxylic acids is 1. The van der Waals surface area contributed by atoms with Crippen molar-refractivity contribution in [3.8, 4) is 11.8 Å². The van der Waals surface area contributed by atoms with Crippen LogP contribution in [0.1, 0.15) is 76.0 Å². The highest BCUT2D eigenvalue weighted by Crippen LogP contribution is 2.49. The molecule has 1 aliphatic carbocycles. The van der Waals surface area contributed by atoms with Gasteiger partial charge in [0.25, 0.3) is 0 Å². The Morgan fingerprint density at radius 2 is 2.03 bits per heavy atom. The van der Waals surface area contributed by atoms with Crippen molar-refractivity contribution in [2.45, 2.75) is 66.2 Å². The minimum absolute atomic E-state index is 0.0286. The molecular formula is C24H30N2O3. The highest BCUT2D eigenvalue weighted by Gasteiger charge is 2.43. The van der Waals surface area contributed by atoms with Gasteiger partial charge in [0.2, 0.25) is 5.88 Å². The fourth-order valence-corrected chi connectivity index (χ4v) is 4.35. The number of benzene rings is 1. The van der Waals surface area contributed by atoms with Crippen molar-refractivity contribution < 1.29 is 14.3 Å². The summed E-state index contributed by atoms with van der Waals surface area (Å²) in [4.78, 5) is 13.2. The molecule has 0 fully saturated rings. The Morgan fingerprint density at radius 1 is 1.34 bits per heavy atom. The molecule has 0 saturated heterocycles. The second-order valence-electron chi connectivity index (χ2n) is 9.04. The molecule has 0 saturated carbocycles. The maximum absolute atomic E-state index is 13.2. The van der Waals surface area contributed by atoms with Crippen molar-refractivity contribution in [3.05, 3.63) is 51.6 Å². The Kier molecular flexibility index (Phi) is 5.49. The van der Waals surface area contributed by atoms with Crippen LogP contribution < -0.4 is 10.5 Å². The Bertz CT molecular complexity index is 961. The average Bonchev–Trinajstić information content (AvgIpc) is 2.59. The fraction of sp³-hybridized carbons (Fsp3) is 0.500. The third kappa shape index (κ3) is 3.76. The van der Waals surface area contributed by atoms with E-state index in [1.807, 2.05) is 33.8 Å². The molecule has 0 spiro atoms. The fourth-order valence-electron chi connectivity index (χ4n) is 4.35. The maximum atomic E-state index is 13.2. The van der Waals surface area contributed by atoms with E-state index >= 15 is 0 Å². The van der Waals surface area contributed by atoms with Gasteiger partial charge in [-0.2, -0.15) is 5.26 Å². The zero-order valence-corrected chi connectivity index (χ0v) is 18.2. The molecule has 1 aromatic rings. The number of rotatable bonds is 4. The summed E-state index contributed by atoms with van der Waals surface area (Å²) in [6.45, 7) is 12.8. The number of carbonyl (C=O) groups is 1. The van der Waals surface area contributed by atoms with Crippen molar-refractivity contribution in [1.82, 2.24) is 0 Å². The normalized spacial score (nSPS) is 21.0. The number of hydrogen-bond donors (Lipinski definition) is 1. The summed E-state index contributed by atoms with van der Waals surface area (Å²) in [7, 11) is 0. The minimum atomic E-state index is -0.500. The van der Waals surface area contributed by atoms with Gasteiger partial charge >= 0.3 is 0 Å². The van der Waals surface area contributed by atoms with Gasteiger partial charge in [-0.15, -0.1) is 0 Å². The molecule has 1 heterocycles. The van der Waals surface area contributed by atoms with E-state index in [0.29, 0.717) is 36.4 Å². The van der Waals surface area contributed by atoms with Crippen LogP contribution in [0.5, 0.6) is 5.75 Å². The van der Waals surface area contributed by atoms with Gasteiger partial charge < -0.3 is 15.2 Å². The first-order chi connectivity index (χ1) is 13.6. The Balaban J connectivity index is 2.25.